The number of phenols is 1. The third-order valence-corrected chi connectivity index (χ3v) is 10.9. The molecule has 0 fully saturated rings. The van der Waals surface area contributed by atoms with Gasteiger partial charge in [0.05, 0.1) is 42.2 Å². The van der Waals surface area contributed by atoms with Crippen molar-refractivity contribution in [3.8, 4) is 11.5 Å². The first kappa shape index (κ1) is 45.4. The van der Waals surface area contributed by atoms with Gasteiger partial charge in [-0.1, -0.05) is 39.0 Å². The van der Waals surface area contributed by atoms with Crippen LogP contribution in [0.4, 0.5) is 5.69 Å². The number of carbonyl (C=O) groups excluding carboxylic acids is 5. The number of ketones is 1. The Bertz CT molecular complexity index is 2040. The van der Waals surface area contributed by atoms with Crippen molar-refractivity contribution in [2.24, 2.45) is 23.7 Å². The molecule has 16 nitrogen and oxygen atoms in total. The van der Waals surface area contributed by atoms with Crippen LogP contribution in [0.1, 0.15) is 83.8 Å². The van der Waals surface area contributed by atoms with E-state index in [2.05, 4.69) is 5.32 Å². The quantitative estimate of drug-likeness (QED) is 0.145. The molecule has 1 amide bonds. The number of amides is 1. The topological polar surface area (TPSA) is 245 Å². The fraction of sp³-hybridized carbons (Fsp3) is 0.500. The largest absolute Gasteiger partial charge is 0.505 e. The molecular formula is C42H53NO15. The van der Waals surface area contributed by atoms with Crippen molar-refractivity contribution in [3.05, 3.63) is 69.2 Å². The summed E-state index contributed by atoms with van der Waals surface area (Å²) in [5.74, 6) is -9.71. The highest BCUT2D eigenvalue weighted by molar-refractivity contribution is 6.21. The second-order valence-corrected chi connectivity index (χ2v) is 15.3. The molecule has 0 unspecified atom stereocenters. The maximum absolute atomic E-state index is 14.0. The van der Waals surface area contributed by atoms with Gasteiger partial charge < -0.3 is 54.5 Å². The highest BCUT2D eigenvalue weighted by Gasteiger charge is 2.49. The standard InChI is InChI=1S/C42H53NO15/c1-17-13-12-14-18(2)40(51)43-30-20(4)37(57-24(8)44)26-27(34(30)49)33(48)22(6)36-28(26)35(55-16-56-36)19(3)15-42(10,53)39(50)23(7)38(58-25(9)45)29(41(52)54-11)32(47)21(5)31(17)46/h12-15,17,21,23,29,31-32,38-39,46-47,49-50,53H,16H2,1-11H3,(H,43,51)/b13-12-,18-14+,19-15-/t17-,21-,23+,29-,31+,32+,38-,39-,42-/m1/s1. The molecule has 0 saturated carbocycles. The molecule has 3 aliphatic heterocycles. The van der Waals surface area contributed by atoms with Gasteiger partial charge in [0.15, 0.2) is 11.5 Å². The molecule has 4 bridgehead atoms. The molecule has 0 aromatic heterocycles. The number of hydrogen-bond acceptors (Lipinski definition) is 15. The number of anilines is 1. The van der Waals surface area contributed by atoms with E-state index in [0.29, 0.717) is 0 Å². The van der Waals surface area contributed by atoms with Crippen LogP contribution < -0.4 is 10.1 Å². The number of Topliss-reactive ketones (excluding diaryl/α,β-unsaturated/α-hetero) is 1. The minimum absolute atomic E-state index is 0.00972. The summed E-state index contributed by atoms with van der Waals surface area (Å²) in [7, 11) is 1.06. The van der Waals surface area contributed by atoms with Crippen LogP contribution in [0.3, 0.4) is 0 Å². The van der Waals surface area contributed by atoms with E-state index in [1.54, 1.807) is 13.0 Å². The lowest BCUT2D eigenvalue weighted by atomic mass is 9.75. The van der Waals surface area contributed by atoms with E-state index in [1.807, 2.05) is 0 Å². The third kappa shape index (κ3) is 8.74. The Morgan fingerprint density at radius 1 is 0.897 bits per heavy atom. The van der Waals surface area contributed by atoms with Gasteiger partial charge in [0.2, 0.25) is 6.79 Å². The van der Waals surface area contributed by atoms with E-state index >= 15 is 0 Å². The molecule has 58 heavy (non-hydrogen) atoms. The molecule has 16 heteroatoms. The third-order valence-electron chi connectivity index (χ3n) is 10.9. The fourth-order valence-corrected chi connectivity index (χ4v) is 7.63. The molecule has 1 aromatic rings. The van der Waals surface area contributed by atoms with E-state index in [0.717, 1.165) is 21.0 Å². The van der Waals surface area contributed by atoms with Gasteiger partial charge in [-0.05, 0) is 46.3 Å². The Labute approximate surface area is 336 Å². The predicted molar refractivity (Wildman–Crippen MR) is 208 cm³/mol. The van der Waals surface area contributed by atoms with Crippen LogP contribution in [-0.2, 0) is 38.1 Å². The number of methoxy groups -OCH3 is 1. The normalized spacial score (nSPS) is 32.1. The molecule has 9 atom stereocenters. The molecule has 6 N–H and O–H groups in total. The maximum Gasteiger partial charge on any atom is 0.315 e. The molecule has 5 rings (SSSR count). The number of allylic oxidation sites excluding steroid dienone is 5. The smallest absolute Gasteiger partial charge is 0.315 e. The SMILES string of the molecule is COC(=O)[C@@H]1[C@@H](O)[C@H](C)[C@@H](O)[C@H](C)/C=C\C=C(/C)C(=O)Nc2c(C)c(OC(C)=O)c3c(c2O)C(=O)C(C)=C2OCOC(=C23)/C(C)=C\[C@@](C)(O)[C@H](O)[C@@H](C)[C@H]1OC(C)=O. The monoisotopic (exact) mass is 811 g/mol. The molecule has 316 valence electrons. The van der Waals surface area contributed by atoms with Crippen LogP contribution in [0.25, 0.3) is 5.57 Å². The lowest BCUT2D eigenvalue weighted by molar-refractivity contribution is -0.181. The summed E-state index contributed by atoms with van der Waals surface area (Å²) in [6, 6.07) is 0. The van der Waals surface area contributed by atoms with Crippen LogP contribution in [0, 0.1) is 30.6 Å². The van der Waals surface area contributed by atoms with Gasteiger partial charge in [-0.25, -0.2) is 0 Å². The Morgan fingerprint density at radius 2 is 1.52 bits per heavy atom. The Kier molecular flexibility index (Phi) is 13.8. The number of hydrogen-bond donors (Lipinski definition) is 6. The van der Waals surface area contributed by atoms with Crippen molar-refractivity contribution in [1.29, 1.82) is 0 Å². The number of carbonyl (C=O) groups is 5. The second kappa shape index (κ2) is 17.7. The van der Waals surface area contributed by atoms with Crippen LogP contribution in [0.5, 0.6) is 11.5 Å². The minimum Gasteiger partial charge on any atom is -0.505 e. The highest BCUT2D eigenvalue weighted by atomic mass is 16.7. The van der Waals surface area contributed by atoms with Crippen LogP contribution in [0.2, 0.25) is 0 Å². The first-order chi connectivity index (χ1) is 27.0. The first-order valence-corrected chi connectivity index (χ1v) is 18.7. The lowest BCUT2D eigenvalue weighted by Crippen LogP contribution is -2.54. The summed E-state index contributed by atoms with van der Waals surface area (Å²) in [5.41, 5.74) is -2.49. The molecule has 1 aliphatic carbocycles. The number of aliphatic hydroxyl groups is 4. The number of nitrogens with one attached hydrogen (secondary N) is 1. The maximum atomic E-state index is 14.0. The Morgan fingerprint density at radius 3 is 2.10 bits per heavy atom. The van der Waals surface area contributed by atoms with Crippen molar-refractivity contribution < 1.29 is 73.2 Å². The van der Waals surface area contributed by atoms with Crippen LogP contribution in [0.15, 0.2) is 52.5 Å². The summed E-state index contributed by atoms with van der Waals surface area (Å²) in [5, 5.41) is 61.2. The average molecular weight is 812 g/mol. The van der Waals surface area contributed by atoms with Gasteiger partial charge in [-0.3, -0.25) is 24.0 Å². The summed E-state index contributed by atoms with van der Waals surface area (Å²) in [6.07, 6.45) is -0.811. The van der Waals surface area contributed by atoms with E-state index < -0.39 is 95.8 Å². The second-order valence-electron chi connectivity index (χ2n) is 15.3. The summed E-state index contributed by atoms with van der Waals surface area (Å²) >= 11 is 0. The Balaban J connectivity index is 2.10. The number of aromatic hydroxyl groups is 1. The molecule has 0 saturated heterocycles. The molecule has 3 heterocycles. The fourth-order valence-electron chi connectivity index (χ4n) is 7.63. The van der Waals surface area contributed by atoms with Crippen molar-refractivity contribution in [2.45, 2.75) is 99.3 Å². The zero-order valence-corrected chi connectivity index (χ0v) is 34.5. The minimum atomic E-state index is -2.22. The molecule has 1 aromatic carbocycles. The predicted octanol–water partition coefficient (Wildman–Crippen LogP) is 3.68. The van der Waals surface area contributed by atoms with Crippen LogP contribution in [-0.4, -0.2) is 99.1 Å². The number of esters is 3. The van der Waals surface area contributed by atoms with Crippen molar-refractivity contribution >= 4 is 40.9 Å². The first-order valence-electron chi connectivity index (χ1n) is 18.7. The molecule has 0 radical (unpaired) electrons. The van der Waals surface area contributed by atoms with Crippen molar-refractivity contribution in [2.75, 3.05) is 19.2 Å². The molecule has 4 aliphatic rings. The number of rotatable bonds is 3. The summed E-state index contributed by atoms with van der Waals surface area (Å²) < 4.78 is 28.0. The summed E-state index contributed by atoms with van der Waals surface area (Å²) in [6.45, 7) is 13.4. The van der Waals surface area contributed by atoms with Gasteiger partial charge in [0, 0.05) is 53.9 Å². The van der Waals surface area contributed by atoms with E-state index in [4.69, 9.17) is 23.7 Å². The van der Waals surface area contributed by atoms with E-state index in [1.165, 1.54) is 66.7 Å². The number of fused-ring (bicyclic) bond motifs is 14. The van der Waals surface area contributed by atoms with E-state index in [-0.39, 0.29) is 61.9 Å². The van der Waals surface area contributed by atoms with E-state index in [9.17, 15) is 49.5 Å². The van der Waals surface area contributed by atoms with Gasteiger partial charge in [0.25, 0.3) is 5.91 Å². The summed E-state index contributed by atoms with van der Waals surface area (Å²) in [4.78, 5) is 66.1. The number of phenolic OH excluding ortho intramolecular Hbond substituents is 1. The van der Waals surface area contributed by atoms with Crippen LogP contribution >= 0.6 is 0 Å². The zero-order valence-electron chi connectivity index (χ0n) is 34.5. The van der Waals surface area contributed by atoms with Gasteiger partial charge in [-0.2, -0.15) is 0 Å². The highest BCUT2D eigenvalue weighted by Crippen LogP contribution is 2.53. The van der Waals surface area contributed by atoms with Gasteiger partial charge >= 0.3 is 17.9 Å². The lowest BCUT2D eigenvalue weighted by Gasteiger charge is -2.40. The van der Waals surface area contributed by atoms with Crippen molar-refractivity contribution in [3.63, 3.8) is 0 Å². The van der Waals surface area contributed by atoms with Gasteiger partial charge in [-0.15, -0.1) is 0 Å². The molecule has 0 spiro atoms. The van der Waals surface area contributed by atoms with Gasteiger partial charge in [0.1, 0.15) is 34.9 Å². The van der Waals surface area contributed by atoms with Crippen molar-refractivity contribution in [1.82, 2.24) is 0 Å². The number of ether oxygens (including phenoxy) is 5. The zero-order chi connectivity index (χ0) is 43.7. The Hall–Kier alpha value is -5.29. The molecular weight excluding hydrogens is 758 g/mol. The average Bonchev–Trinajstić information content (AvgIpc) is 3.16. The number of benzene rings is 1. The number of aliphatic hydroxyl groups excluding tert-OH is 3.